The van der Waals surface area contributed by atoms with E-state index in [9.17, 15) is 4.79 Å². The minimum Gasteiger partial charge on any atom is -0.377 e. The number of carbonyl (C=O) groups excluding carboxylic acids is 1. The van der Waals surface area contributed by atoms with E-state index in [1.165, 1.54) is 11.5 Å². The Morgan fingerprint density at radius 3 is 3.17 bits per heavy atom. The summed E-state index contributed by atoms with van der Waals surface area (Å²) in [4.78, 5) is 22.9. The van der Waals surface area contributed by atoms with Crippen LogP contribution in [0.15, 0.2) is 12.5 Å². The van der Waals surface area contributed by atoms with Gasteiger partial charge in [0.15, 0.2) is 5.82 Å². The largest absolute Gasteiger partial charge is 0.377 e. The van der Waals surface area contributed by atoms with Crippen LogP contribution >= 0.6 is 11.5 Å². The van der Waals surface area contributed by atoms with Gasteiger partial charge in [-0.2, -0.15) is 4.37 Å². The molecule has 1 fully saturated rings. The average molecular weight is 336 g/mol. The van der Waals surface area contributed by atoms with Crippen molar-refractivity contribution in [3.8, 4) is 0 Å². The van der Waals surface area contributed by atoms with Crippen LogP contribution < -0.4 is 10.2 Å². The Hall–Kier alpha value is -2.00. The number of ether oxygens (including phenoxy) is 1. The number of hydrogen-bond acceptors (Lipinski definition) is 7. The van der Waals surface area contributed by atoms with E-state index in [1.54, 1.807) is 24.2 Å². The lowest BCUT2D eigenvalue weighted by atomic mass is 10.1. The van der Waals surface area contributed by atoms with Crippen molar-refractivity contribution in [3.05, 3.63) is 24.0 Å². The normalized spacial score (nSPS) is 18.2. The Morgan fingerprint density at radius 1 is 1.57 bits per heavy atom. The van der Waals surface area contributed by atoms with Gasteiger partial charge in [-0.15, -0.1) is 0 Å². The number of methoxy groups -OCH3 is 1. The molecule has 0 spiro atoms. The number of aryl methyl sites for hydroxylation is 1. The zero-order valence-corrected chi connectivity index (χ0v) is 14.0. The van der Waals surface area contributed by atoms with Crippen LogP contribution in [0.4, 0.5) is 5.13 Å². The molecule has 2 aromatic heterocycles. The highest BCUT2D eigenvalue weighted by Gasteiger charge is 2.24. The lowest BCUT2D eigenvalue weighted by Crippen LogP contribution is -2.47. The van der Waals surface area contributed by atoms with Crippen LogP contribution in [-0.2, 0) is 18.4 Å². The third kappa shape index (κ3) is 3.85. The SMILES string of the molecule is COCc1nsc(N2CCCC(NC(=O)c3cn(C)cn3)C2)n1. The number of nitrogens with one attached hydrogen (secondary N) is 1. The number of piperidine rings is 1. The maximum absolute atomic E-state index is 12.2. The lowest BCUT2D eigenvalue weighted by molar-refractivity contribution is 0.0928. The molecule has 0 radical (unpaired) electrons. The first-order chi connectivity index (χ1) is 11.2. The summed E-state index contributed by atoms with van der Waals surface area (Å²) in [6, 6.07) is 0.0908. The van der Waals surface area contributed by atoms with E-state index in [-0.39, 0.29) is 11.9 Å². The van der Waals surface area contributed by atoms with Crippen LogP contribution in [0.25, 0.3) is 0 Å². The molecule has 3 heterocycles. The first-order valence-corrected chi connectivity index (χ1v) is 8.28. The molecule has 124 valence electrons. The molecule has 3 rings (SSSR count). The summed E-state index contributed by atoms with van der Waals surface area (Å²) in [7, 11) is 3.48. The van der Waals surface area contributed by atoms with E-state index in [2.05, 4.69) is 24.6 Å². The molecule has 0 saturated carbocycles. The molecule has 1 unspecified atom stereocenters. The number of amides is 1. The van der Waals surface area contributed by atoms with E-state index >= 15 is 0 Å². The van der Waals surface area contributed by atoms with Crippen LogP contribution in [0.1, 0.15) is 29.2 Å². The van der Waals surface area contributed by atoms with Gasteiger partial charge in [0, 0.05) is 51.0 Å². The van der Waals surface area contributed by atoms with Gasteiger partial charge in [-0.05, 0) is 12.8 Å². The molecule has 23 heavy (non-hydrogen) atoms. The van der Waals surface area contributed by atoms with Crippen LogP contribution in [0.5, 0.6) is 0 Å². The Kier molecular flexibility index (Phi) is 4.87. The van der Waals surface area contributed by atoms with Gasteiger partial charge in [-0.1, -0.05) is 0 Å². The molecule has 0 bridgehead atoms. The quantitative estimate of drug-likeness (QED) is 0.870. The van der Waals surface area contributed by atoms with Crippen molar-refractivity contribution in [1.82, 2.24) is 24.2 Å². The van der Waals surface area contributed by atoms with Gasteiger partial charge in [-0.3, -0.25) is 4.79 Å². The maximum Gasteiger partial charge on any atom is 0.271 e. The van der Waals surface area contributed by atoms with Gasteiger partial charge < -0.3 is 19.5 Å². The minimum absolute atomic E-state index is 0.0908. The molecule has 9 heteroatoms. The second kappa shape index (κ2) is 7.05. The molecule has 1 saturated heterocycles. The van der Waals surface area contributed by atoms with Gasteiger partial charge in [0.1, 0.15) is 12.3 Å². The Labute approximate surface area is 138 Å². The third-order valence-electron chi connectivity index (χ3n) is 3.70. The number of aromatic nitrogens is 4. The molecule has 1 aliphatic heterocycles. The molecule has 8 nitrogen and oxygen atoms in total. The predicted molar refractivity (Wildman–Crippen MR) is 86.5 cm³/mol. The number of hydrogen-bond donors (Lipinski definition) is 1. The highest BCUT2D eigenvalue weighted by Crippen LogP contribution is 2.22. The highest BCUT2D eigenvalue weighted by molar-refractivity contribution is 7.09. The van der Waals surface area contributed by atoms with Gasteiger partial charge in [0.05, 0.1) is 6.33 Å². The van der Waals surface area contributed by atoms with Crippen LogP contribution in [-0.4, -0.2) is 51.1 Å². The first kappa shape index (κ1) is 15.9. The molecule has 2 aromatic rings. The average Bonchev–Trinajstić information content (AvgIpc) is 3.17. The van der Waals surface area contributed by atoms with E-state index in [0.29, 0.717) is 18.1 Å². The number of carbonyl (C=O) groups is 1. The number of imidazole rings is 1. The first-order valence-electron chi connectivity index (χ1n) is 7.51. The molecular weight excluding hydrogens is 316 g/mol. The van der Waals surface area contributed by atoms with Crippen LogP contribution in [0.3, 0.4) is 0 Å². The van der Waals surface area contributed by atoms with Crippen molar-refractivity contribution in [2.24, 2.45) is 7.05 Å². The summed E-state index contributed by atoms with van der Waals surface area (Å²) < 4.78 is 11.1. The van der Waals surface area contributed by atoms with E-state index < -0.39 is 0 Å². The molecule has 1 N–H and O–H groups in total. The molecule has 1 aliphatic rings. The molecule has 0 aromatic carbocycles. The van der Waals surface area contributed by atoms with Gasteiger partial charge >= 0.3 is 0 Å². The van der Waals surface area contributed by atoms with Crippen molar-refractivity contribution in [2.75, 3.05) is 25.1 Å². The van der Waals surface area contributed by atoms with E-state index in [1.807, 2.05) is 7.05 Å². The second-order valence-corrected chi connectivity index (χ2v) is 6.34. The minimum atomic E-state index is -0.130. The zero-order valence-electron chi connectivity index (χ0n) is 13.2. The summed E-state index contributed by atoms with van der Waals surface area (Å²) in [5, 5.41) is 3.94. The van der Waals surface area contributed by atoms with Crippen molar-refractivity contribution in [3.63, 3.8) is 0 Å². The highest BCUT2D eigenvalue weighted by atomic mass is 32.1. The fourth-order valence-corrected chi connectivity index (χ4v) is 3.33. The van der Waals surface area contributed by atoms with Crippen LogP contribution in [0, 0.1) is 0 Å². The summed E-state index contributed by atoms with van der Waals surface area (Å²) in [5.41, 5.74) is 0.447. The topological polar surface area (TPSA) is 85.2 Å². The third-order valence-corrected chi connectivity index (χ3v) is 4.51. The van der Waals surface area contributed by atoms with Crippen LogP contribution in [0.2, 0.25) is 0 Å². The molecule has 1 amide bonds. The Morgan fingerprint density at radius 2 is 2.43 bits per heavy atom. The fourth-order valence-electron chi connectivity index (χ4n) is 2.62. The summed E-state index contributed by atoms with van der Waals surface area (Å²) in [6.07, 6.45) is 5.31. The smallest absolute Gasteiger partial charge is 0.271 e. The molecule has 0 aliphatic carbocycles. The van der Waals surface area contributed by atoms with E-state index in [4.69, 9.17) is 4.74 Å². The Bertz CT molecular complexity index is 670. The standard InChI is InChI=1S/C14H20N6O2S/c1-19-7-11(15-9-19)13(21)16-10-4-3-5-20(6-10)14-17-12(8-22-2)18-23-14/h7,9-10H,3-6,8H2,1-2H3,(H,16,21). The molecule has 1 atom stereocenters. The van der Waals surface area contributed by atoms with Crippen molar-refractivity contribution in [2.45, 2.75) is 25.5 Å². The van der Waals surface area contributed by atoms with Crippen molar-refractivity contribution < 1.29 is 9.53 Å². The monoisotopic (exact) mass is 336 g/mol. The number of rotatable bonds is 5. The van der Waals surface area contributed by atoms with Gasteiger partial charge in [0.25, 0.3) is 5.91 Å². The summed E-state index contributed by atoms with van der Waals surface area (Å²) in [5.74, 6) is 0.571. The summed E-state index contributed by atoms with van der Waals surface area (Å²) >= 11 is 1.37. The van der Waals surface area contributed by atoms with Crippen molar-refractivity contribution in [1.29, 1.82) is 0 Å². The maximum atomic E-state index is 12.2. The summed E-state index contributed by atoms with van der Waals surface area (Å²) in [6.45, 7) is 2.09. The van der Waals surface area contributed by atoms with Crippen molar-refractivity contribution >= 4 is 22.6 Å². The fraction of sp³-hybridized carbons (Fsp3) is 0.571. The lowest BCUT2D eigenvalue weighted by Gasteiger charge is -2.32. The van der Waals surface area contributed by atoms with E-state index in [0.717, 1.165) is 31.1 Å². The number of anilines is 1. The predicted octanol–water partition coefficient (Wildman–Crippen LogP) is 0.817. The zero-order chi connectivity index (χ0) is 16.2. The Balaban J connectivity index is 1.60. The van der Waals surface area contributed by atoms with Gasteiger partial charge in [-0.25, -0.2) is 9.97 Å². The molecular formula is C14H20N6O2S. The second-order valence-electron chi connectivity index (χ2n) is 5.61. The van der Waals surface area contributed by atoms with Gasteiger partial charge in [0.2, 0.25) is 5.13 Å². The number of nitrogens with zero attached hydrogens (tertiary/aromatic N) is 5.